The molecule has 0 saturated heterocycles. The average molecular weight is 465 g/mol. The van der Waals surface area contributed by atoms with E-state index in [-0.39, 0.29) is 24.7 Å². The smallest absolute Gasteiger partial charge is 0.240 e. The standard InChI is InChI=1S/C29H28N4O2/c1-20(24-16-7-12-22-10-3-5-14-26(22)24)30-32-28(34)18-9-19-29(35)33-31-21(2)25-17-8-13-23-11-4-6-15-27(23)25/h3-8,10-17H,9,18-19H2,1-2H3,(H,32,34)(H,33,35)/b30-20+,31-21+. The third kappa shape index (κ3) is 5.98. The molecule has 4 aromatic rings. The van der Waals surface area contributed by atoms with E-state index in [2.05, 4.69) is 21.1 Å². The minimum Gasteiger partial charge on any atom is -0.273 e. The molecule has 0 heterocycles. The first-order chi connectivity index (χ1) is 17.0. The minimum atomic E-state index is -0.229. The Balaban J connectivity index is 1.26. The molecule has 0 aliphatic heterocycles. The molecule has 2 amide bonds. The van der Waals surface area contributed by atoms with Crippen molar-refractivity contribution in [2.75, 3.05) is 0 Å². The molecule has 0 spiro atoms. The van der Waals surface area contributed by atoms with Gasteiger partial charge in [0.1, 0.15) is 0 Å². The van der Waals surface area contributed by atoms with Gasteiger partial charge in [0.05, 0.1) is 11.4 Å². The normalized spacial score (nSPS) is 12.1. The van der Waals surface area contributed by atoms with Crippen LogP contribution in [0, 0.1) is 0 Å². The molecule has 0 aliphatic rings. The van der Waals surface area contributed by atoms with Gasteiger partial charge in [-0.05, 0) is 41.8 Å². The first-order valence-electron chi connectivity index (χ1n) is 11.7. The Bertz CT molecular complexity index is 1320. The Morgan fingerprint density at radius 1 is 0.600 bits per heavy atom. The van der Waals surface area contributed by atoms with Crippen LogP contribution in [-0.2, 0) is 9.59 Å². The number of hydrogen-bond donors (Lipinski definition) is 2. The number of rotatable bonds is 8. The summed E-state index contributed by atoms with van der Waals surface area (Å²) in [5, 5.41) is 12.9. The lowest BCUT2D eigenvalue weighted by Crippen LogP contribution is -2.22. The van der Waals surface area contributed by atoms with Gasteiger partial charge in [-0.15, -0.1) is 0 Å². The fraction of sp³-hybridized carbons (Fsp3) is 0.172. The summed E-state index contributed by atoms with van der Waals surface area (Å²) in [5.41, 5.74) is 8.60. The fourth-order valence-electron chi connectivity index (χ4n) is 4.02. The average Bonchev–Trinajstić information content (AvgIpc) is 2.89. The molecule has 0 fully saturated rings. The number of benzene rings is 4. The van der Waals surface area contributed by atoms with Gasteiger partial charge < -0.3 is 0 Å². The second kappa shape index (κ2) is 11.2. The van der Waals surface area contributed by atoms with Crippen LogP contribution in [-0.4, -0.2) is 23.2 Å². The highest BCUT2D eigenvalue weighted by Crippen LogP contribution is 2.20. The summed E-state index contributed by atoms with van der Waals surface area (Å²) in [6.07, 6.45) is 0.806. The number of nitrogens with one attached hydrogen (secondary N) is 2. The molecule has 0 saturated carbocycles. The highest BCUT2D eigenvalue weighted by atomic mass is 16.2. The Kier molecular flexibility index (Phi) is 7.63. The summed E-state index contributed by atoms with van der Waals surface area (Å²) < 4.78 is 0. The van der Waals surface area contributed by atoms with Crippen LogP contribution in [0.1, 0.15) is 44.2 Å². The largest absolute Gasteiger partial charge is 0.273 e. The lowest BCUT2D eigenvalue weighted by Gasteiger charge is -2.07. The number of fused-ring (bicyclic) bond motifs is 2. The van der Waals surface area contributed by atoms with Crippen molar-refractivity contribution < 1.29 is 9.59 Å². The van der Waals surface area contributed by atoms with Crippen molar-refractivity contribution in [3.8, 4) is 0 Å². The molecule has 0 atom stereocenters. The summed E-state index contributed by atoms with van der Waals surface area (Å²) in [7, 11) is 0. The van der Waals surface area contributed by atoms with Gasteiger partial charge in [0.25, 0.3) is 0 Å². The summed E-state index contributed by atoms with van der Waals surface area (Å²) >= 11 is 0. The Labute approximate surface area is 204 Å². The third-order valence-electron chi connectivity index (χ3n) is 5.86. The molecule has 0 bridgehead atoms. The lowest BCUT2D eigenvalue weighted by atomic mass is 10.0. The molecule has 2 N–H and O–H groups in total. The molecule has 6 heteroatoms. The second-order valence-corrected chi connectivity index (χ2v) is 8.37. The van der Waals surface area contributed by atoms with Crippen molar-refractivity contribution in [1.82, 2.24) is 10.9 Å². The van der Waals surface area contributed by atoms with Crippen LogP contribution in [0.5, 0.6) is 0 Å². The molecule has 0 aromatic heterocycles. The highest BCUT2D eigenvalue weighted by Gasteiger charge is 2.08. The van der Waals surface area contributed by atoms with Gasteiger partial charge >= 0.3 is 0 Å². The van der Waals surface area contributed by atoms with Crippen LogP contribution in [0.15, 0.2) is 95.1 Å². The van der Waals surface area contributed by atoms with Crippen LogP contribution >= 0.6 is 0 Å². The monoisotopic (exact) mass is 464 g/mol. The maximum atomic E-state index is 12.2. The van der Waals surface area contributed by atoms with Gasteiger partial charge in [0, 0.05) is 24.0 Å². The van der Waals surface area contributed by atoms with Gasteiger partial charge in [0.15, 0.2) is 0 Å². The molecule has 0 radical (unpaired) electrons. The fourth-order valence-corrected chi connectivity index (χ4v) is 4.02. The van der Waals surface area contributed by atoms with Crippen LogP contribution in [0.4, 0.5) is 0 Å². The van der Waals surface area contributed by atoms with E-state index in [0.717, 1.165) is 44.1 Å². The first kappa shape index (κ1) is 23.8. The quantitative estimate of drug-likeness (QED) is 0.265. The van der Waals surface area contributed by atoms with Gasteiger partial charge in [-0.3, -0.25) is 9.59 Å². The number of nitrogens with zero attached hydrogens (tertiary/aromatic N) is 2. The predicted molar refractivity (Wildman–Crippen MR) is 142 cm³/mol. The Hall–Kier alpha value is -4.32. The van der Waals surface area contributed by atoms with Gasteiger partial charge in [-0.2, -0.15) is 10.2 Å². The SMILES string of the molecule is C/C(=N\NC(=O)CCCC(=O)N/N=C(\C)c1cccc2ccccc12)c1cccc2ccccc12. The minimum absolute atomic E-state index is 0.200. The maximum absolute atomic E-state index is 12.2. The van der Waals surface area contributed by atoms with Crippen molar-refractivity contribution in [2.24, 2.45) is 10.2 Å². The maximum Gasteiger partial charge on any atom is 0.240 e. The van der Waals surface area contributed by atoms with Gasteiger partial charge in [-0.25, -0.2) is 10.9 Å². The van der Waals surface area contributed by atoms with E-state index in [1.807, 2.05) is 98.8 Å². The van der Waals surface area contributed by atoms with Crippen molar-refractivity contribution in [1.29, 1.82) is 0 Å². The zero-order chi connectivity index (χ0) is 24.6. The summed E-state index contributed by atoms with van der Waals surface area (Å²) in [4.78, 5) is 24.4. The number of hydrazone groups is 2. The molecule has 35 heavy (non-hydrogen) atoms. The molecule has 4 aromatic carbocycles. The molecule has 0 aliphatic carbocycles. The van der Waals surface area contributed by atoms with E-state index >= 15 is 0 Å². The molecular weight excluding hydrogens is 436 g/mol. The van der Waals surface area contributed by atoms with Crippen LogP contribution in [0.2, 0.25) is 0 Å². The first-order valence-corrected chi connectivity index (χ1v) is 11.7. The number of carbonyl (C=O) groups excluding carboxylic acids is 2. The Morgan fingerprint density at radius 3 is 1.46 bits per heavy atom. The van der Waals surface area contributed by atoms with Crippen molar-refractivity contribution in [3.05, 3.63) is 96.1 Å². The molecule has 6 nitrogen and oxygen atoms in total. The molecule has 0 unspecified atom stereocenters. The summed E-state index contributed by atoms with van der Waals surface area (Å²) in [6, 6.07) is 28.1. The van der Waals surface area contributed by atoms with Gasteiger partial charge in [0.2, 0.25) is 11.8 Å². The summed E-state index contributed by atoms with van der Waals surface area (Å²) in [6.45, 7) is 3.73. The van der Waals surface area contributed by atoms with Crippen LogP contribution in [0.3, 0.4) is 0 Å². The Morgan fingerprint density at radius 2 is 1.00 bits per heavy atom. The van der Waals surface area contributed by atoms with E-state index in [9.17, 15) is 9.59 Å². The van der Waals surface area contributed by atoms with Gasteiger partial charge in [-0.1, -0.05) is 84.9 Å². The topological polar surface area (TPSA) is 82.9 Å². The lowest BCUT2D eigenvalue weighted by molar-refractivity contribution is -0.122. The van der Waals surface area contributed by atoms with Crippen molar-refractivity contribution in [3.63, 3.8) is 0 Å². The van der Waals surface area contributed by atoms with Crippen molar-refractivity contribution >= 4 is 44.8 Å². The molecular formula is C29H28N4O2. The van der Waals surface area contributed by atoms with E-state index in [0.29, 0.717) is 6.42 Å². The van der Waals surface area contributed by atoms with Crippen molar-refractivity contribution in [2.45, 2.75) is 33.1 Å². The predicted octanol–water partition coefficient (Wildman–Crippen LogP) is 5.54. The third-order valence-corrected chi connectivity index (χ3v) is 5.86. The van der Waals surface area contributed by atoms with Crippen LogP contribution < -0.4 is 10.9 Å². The van der Waals surface area contributed by atoms with E-state index in [1.54, 1.807) is 0 Å². The second-order valence-electron chi connectivity index (χ2n) is 8.37. The van der Waals surface area contributed by atoms with E-state index in [1.165, 1.54) is 0 Å². The van der Waals surface area contributed by atoms with E-state index in [4.69, 9.17) is 0 Å². The zero-order valence-corrected chi connectivity index (χ0v) is 19.9. The van der Waals surface area contributed by atoms with E-state index < -0.39 is 0 Å². The number of amides is 2. The number of carbonyl (C=O) groups is 2. The van der Waals surface area contributed by atoms with Crippen LogP contribution in [0.25, 0.3) is 21.5 Å². The molecule has 176 valence electrons. The zero-order valence-electron chi connectivity index (χ0n) is 19.9. The number of hydrogen-bond acceptors (Lipinski definition) is 4. The summed E-state index contributed by atoms with van der Waals surface area (Å²) in [5.74, 6) is -0.458. The molecule has 4 rings (SSSR count). The highest BCUT2D eigenvalue weighted by molar-refractivity contribution is 6.10.